The van der Waals surface area contributed by atoms with Gasteiger partial charge in [-0.15, -0.1) is 0 Å². The maximum absolute atomic E-state index is 11.6. The van der Waals surface area contributed by atoms with Crippen LogP contribution in [0.25, 0.3) is 33.3 Å². The van der Waals surface area contributed by atoms with Crippen LogP contribution in [-0.4, -0.2) is 23.0 Å². The summed E-state index contributed by atoms with van der Waals surface area (Å²) in [7, 11) is 1.71. The Bertz CT molecular complexity index is 1350. The molecule has 1 saturated carbocycles. The second-order valence-corrected chi connectivity index (χ2v) is 8.26. The van der Waals surface area contributed by atoms with Crippen molar-refractivity contribution in [2.45, 2.75) is 38.6 Å². The van der Waals surface area contributed by atoms with Crippen LogP contribution < -0.4 is 16.6 Å². The maximum Gasteiger partial charge on any atom is 0.219 e. The highest BCUT2D eigenvalue weighted by Gasteiger charge is 2.34. The van der Waals surface area contributed by atoms with E-state index in [9.17, 15) is 4.79 Å². The van der Waals surface area contributed by atoms with E-state index in [-0.39, 0.29) is 5.54 Å². The molecule has 6 nitrogen and oxygen atoms in total. The monoisotopic (exact) mass is 453 g/mol. The van der Waals surface area contributed by atoms with Crippen LogP contribution in [0.1, 0.15) is 38.7 Å². The quantitative estimate of drug-likeness (QED) is 0.335. The van der Waals surface area contributed by atoms with Crippen LogP contribution in [0.3, 0.4) is 0 Å². The summed E-state index contributed by atoms with van der Waals surface area (Å²) in [5.41, 5.74) is 15.5. The Morgan fingerprint density at radius 3 is 2.32 bits per heavy atom. The Balaban J connectivity index is 0.00000133. The van der Waals surface area contributed by atoms with E-state index >= 15 is 0 Å². The molecule has 2 aromatic carbocycles. The van der Waals surface area contributed by atoms with Gasteiger partial charge in [0, 0.05) is 35.3 Å². The summed E-state index contributed by atoms with van der Waals surface area (Å²) in [6.07, 6.45) is 5.67. The number of nitrogens with one attached hydrogen (secondary N) is 1. The number of carbonyl (C=O) groups excluding carboxylic acids is 1. The number of carbonyl (C=O) groups is 1. The second-order valence-electron chi connectivity index (χ2n) is 8.26. The van der Waals surface area contributed by atoms with Crippen molar-refractivity contribution < 1.29 is 4.79 Å². The van der Waals surface area contributed by atoms with E-state index in [0.717, 1.165) is 52.5 Å². The van der Waals surface area contributed by atoms with Crippen molar-refractivity contribution in [1.29, 1.82) is 0 Å². The molecule has 6 heteroatoms. The van der Waals surface area contributed by atoms with E-state index in [0.29, 0.717) is 5.49 Å². The zero-order valence-corrected chi connectivity index (χ0v) is 20.0. The van der Waals surface area contributed by atoms with Crippen molar-refractivity contribution in [1.82, 2.24) is 15.0 Å². The van der Waals surface area contributed by atoms with E-state index in [4.69, 9.17) is 10.7 Å². The first-order valence-corrected chi connectivity index (χ1v) is 11.8. The van der Waals surface area contributed by atoms with Crippen molar-refractivity contribution in [2.24, 2.45) is 10.8 Å². The van der Waals surface area contributed by atoms with Gasteiger partial charge in [-0.1, -0.05) is 68.4 Å². The van der Waals surface area contributed by atoms with Crippen molar-refractivity contribution in [3.63, 3.8) is 0 Å². The van der Waals surface area contributed by atoms with E-state index in [1.54, 1.807) is 13.2 Å². The lowest BCUT2D eigenvalue weighted by molar-refractivity contribution is 0.253. The number of pyridine rings is 2. The van der Waals surface area contributed by atoms with Crippen LogP contribution in [0.2, 0.25) is 0 Å². The molecular formula is C28H31N5O. The minimum absolute atomic E-state index is 0.191. The minimum atomic E-state index is -0.191. The number of nitrogens with two attached hydrogens (primary N) is 1. The van der Waals surface area contributed by atoms with Gasteiger partial charge >= 0.3 is 0 Å². The number of fused-ring (bicyclic) bond motifs is 1. The number of benzene rings is 2. The molecule has 0 saturated heterocycles. The predicted octanol–water partition coefficient (Wildman–Crippen LogP) is 4.81. The molecule has 0 amide bonds. The summed E-state index contributed by atoms with van der Waals surface area (Å²) < 4.78 is 1.45. The van der Waals surface area contributed by atoms with Crippen LogP contribution >= 0.6 is 0 Å². The lowest BCUT2D eigenvalue weighted by atomic mass is 9.72. The molecule has 174 valence electrons. The molecule has 0 unspecified atom stereocenters. The molecule has 1 fully saturated rings. The lowest BCUT2D eigenvalue weighted by Crippen LogP contribution is -2.43. The van der Waals surface area contributed by atoms with Gasteiger partial charge in [0.2, 0.25) is 6.41 Å². The average molecular weight is 454 g/mol. The first-order chi connectivity index (χ1) is 16.6. The normalized spacial score (nSPS) is 14.6. The van der Waals surface area contributed by atoms with Crippen LogP contribution in [0.5, 0.6) is 0 Å². The molecule has 5 rings (SSSR count). The molecule has 0 spiro atoms. The summed E-state index contributed by atoms with van der Waals surface area (Å²) in [5.74, 6) is 0. The van der Waals surface area contributed by atoms with E-state index in [2.05, 4.69) is 53.0 Å². The maximum atomic E-state index is 11.6. The van der Waals surface area contributed by atoms with Gasteiger partial charge in [-0.25, -0.2) is 4.98 Å². The molecule has 0 bridgehead atoms. The van der Waals surface area contributed by atoms with Crippen LogP contribution in [0.4, 0.5) is 0 Å². The van der Waals surface area contributed by atoms with E-state index in [1.807, 2.05) is 38.1 Å². The molecule has 4 aromatic rings. The highest BCUT2D eigenvalue weighted by Crippen LogP contribution is 2.40. The lowest BCUT2D eigenvalue weighted by Gasteiger charge is -2.38. The van der Waals surface area contributed by atoms with Gasteiger partial charge in [-0.2, -0.15) is 5.10 Å². The summed E-state index contributed by atoms with van der Waals surface area (Å²) in [6.45, 7) is 4.00. The third-order valence-electron chi connectivity index (χ3n) is 6.33. The van der Waals surface area contributed by atoms with Crippen molar-refractivity contribution in [3.8, 4) is 22.4 Å². The Hall–Kier alpha value is -3.77. The largest absolute Gasteiger partial charge is 0.321 e. The van der Waals surface area contributed by atoms with Crippen LogP contribution in [0, 0.1) is 0 Å². The van der Waals surface area contributed by atoms with E-state index < -0.39 is 0 Å². The first-order valence-electron chi connectivity index (χ1n) is 11.8. The Labute approximate surface area is 200 Å². The predicted molar refractivity (Wildman–Crippen MR) is 138 cm³/mol. The fraction of sp³-hybridized carbons (Fsp3) is 0.250. The number of hydrogen-bond donors (Lipinski definition) is 2. The number of hydrogen-bond acceptors (Lipinski definition) is 5. The molecule has 1 aliphatic carbocycles. The topological polar surface area (TPSA) is 85.3 Å². The summed E-state index contributed by atoms with van der Waals surface area (Å²) in [4.78, 5) is 16.6. The van der Waals surface area contributed by atoms with Crippen LogP contribution in [-0.2, 0) is 10.3 Å². The zero-order chi connectivity index (χ0) is 24.1. The fourth-order valence-corrected chi connectivity index (χ4v) is 4.37. The molecule has 2 heterocycles. The Kier molecular flexibility index (Phi) is 6.89. The summed E-state index contributed by atoms with van der Waals surface area (Å²) in [5, 5.41) is 5.12. The van der Waals surface area contributed by atoms with Crippen LogP contribution in [0.15, 0.2) is 78.0 Å². The third-order valence-corrected chi connectivity index (χ3v) is 6.33. The van der Waals surface area contributed by atoms with E-state index in [1.165, 1.54) is 16.6 Å². The van der Waals surface area contributed by atoms with Gasteiger partial charge in [0.15, 0.2) is 5.49 Å². The van der Waals surface area contributed by atoms with Crippen molar-refractivity contribution in [3.05, 3.63) is 84.0 Å². The Morgan fingerprint density at radius 2 is 1.74 bits per heavy atom. The number of rotatable bonds is 5. The highest BCUT2D eigenvalue weighted by molar-refractivity contribution is 5.91. The van der Waals surface area contributed by atoms with Crippen molar-refractivity contribution in [2.75, 3.05) is 7.05 Å². The first kappa shape index (κ1) is 23.4. The zero-order valence-electron chi connectivity index (χ0n) is 20.0. The molecule has 0 aliphatic heterocycles. The molecular weight excluding hydrogens is 422 g/mol. The number of nitrogens with zero attached hydrogens (tertiary/aromatic N) is 3. The molecule has 3 N–H and O–H groups in total. The summed E-state index contributed by atoms with van der Waals surface area (Å²) >= 11 is 0. The van der Waals surface area contributed by atoms with Gasteiger partial charge in [0.05, 0.1) is 11.2 Å². The van der Waals surface area contributed by atoms with Gasteiger partial charge < -0.3 is 11.2 Å². The molecule has 1 aliphatic rings. The average Bonchev–Trinajstić information content (AvgIpc) is 2.88. The minimum Gasteiger partial charge on any atom is -0.321 e. The van der Waals surface area contributed by atoms with Gasteiger partial charge in [-0.3, -0.25) is 9.36 Å². The standard InChI is InChI=1S/C26H25N5O.C2H6/c1-28-30-25-22-16-21(18-6-3-2-4-7-18)24(29-23(22)12-15-31(25)17-32)19-8-10-20(11-9-19)26(27)13-5-14-26;1-2/h2-4,6-12,15-17,28H,5,13-14,27H2,1H3;1-2H3/b30-25-;. The molecule has 0 atom stereocenters. The highest BCUT2D eigenvalue weighted by atomic mass is 16.1. The van der Waals surface area contributed by atoms with Gasteiger partial charge in [-0.05, 0) is 42.5 Å². The Morgan fingerprint density at radius 1 is 1.03 bits per heavy atom. The van der Waals surface area contributed by atoms with Gasteiger partial charge in [0.1, 0.15) is 0 Å². The second kappa shape index (κ2) is 10.0. The smallest absolute Gasteiger partial charge is 0.219 e. The number of aromatic nitrogens is 2. The van der Waals surface area contributed by atoms with Crippen molar-refractivity contribution >= 4 is 17.3 Å². The molecule has 2 aromatic heterocycles. The fourth-order valence-electron chi connectivity index (χ4n) is 4.37. The SMILES string of the molecule is CC.CN/N=c1/c2cc(-c3ccccc3)c(-c3ccc(C4(N)CCC4)cc3)nc2ccn1C=O. The van der Waals surface area contributed by atoms with Gasteiger partial charge in [0.25, 0.3) is 0 Å². The molecule has 0 radical (unpaired) electrons. The summed E-state index contributed by atoms with van der Waals surface area (Å²) in [6, 6.07) is 22.5. The molecule has 34 heavy (non-hydrogen) atoms. The third kappa shape index (κ3) is 4.24.